The van der Waals surface area contributed by atoms with E-state index in [0.29, 0.717) is 31.8 Å². The zero-order valence-corrected chi connectivity index (χ0v) is 18.5. The molecule has 2 fully saturated rings. The molecule has 1 aromatic carbocycles. The molecular weight excluding hydrogens is 398 g/mol. The van der Waals surface area contributed by atoms with Crippen LogP contribution in [-0.2, 0) is 20.9 Å². The quantitative estimate of drug-likeness (QED) is 0.688. The number of benzene rings is 1. The number of ether oxygens (including phenoxy) is 1. The van der Waals surface area contributed by atoms with Crippen molar-refractivity contribution in [2.75, 3.05) is 13.6 Å². The predicted octanol–water partition coefficient (Wildman–Crippen LogP) is 2.48. The number of likely N-dealkylation sites (tertiary alicyclic amines) is 1. The number of carbonyl (C=O) groups excluding carboxylic acids is 2. The van der Waals surface area contributed by atoms with Crippen LogP contribution in [0.25, 0.3) is 0 Å². The molecular formula is C23H33N3O5. The molecule has 0 radical (unpaired) electrons. The van der Waals surface area contributed by atoms with Crippen LogP contribution in [0.2, 0.25) is 0 Å². The first kappa shape index (κ1) is 23.1. The fourth-order valence-electron chi connectivity index (χ4n) is 4.63. The van der Waals surface area contributed by atoms with Gasteiger partial charge in [0.1, 0.15) is 12.6 Å². The molecule has 2 amide bonds. The summed E-state index contributed by atoms with van der Waals surface area (Å²) in [5.74, 6) is -1.69. The Bertz CT molecular complexity index is 785. The molecule has 31 heavy (non-hydrogen) atoms. The predicted molar refractivity (Wildman–Crippen MR) is 115 cm³/mol. The lowest BCUT2D eigenvalue weighted by Crippen LogP contribution is -2.53. The molecule has 1 aliphatic heterocycles. The molecule has 0 bridgehead atoms. The van der Waals surface area contributed by atoms with E-state index in [1.54, 1.807) is 4.90 Å². The average Bonchev–Trinajstić information content (AvgIpc) is 3.11. The molecule has 0 aromatic heterocycles. The van der Waals surface area contributed by atoms with Gasteiger partial charge in [-0.2, -0.15) is 0 Å². The van der Waals surface area contributed by atoms with Crippen molar-refractivity contribution in [2.45, 2.75) is 70.3 Å². The zero-order chi connectivity index (χ0) is 22.5. The summed E-state index contributed by atoms with van der Waals surface area (Å²) in [4.78, 5) is 41.0. The van der Waals surface area contributed by atoms with Gasteiger partial charge in [0.05, 0.1) is 5.92 Å². The Morgan fingerprint density at radius 1 is 1.23 bits per heavy atom. The Morgan fingerprint density at radius 2 is 1.94 bits per heavy atom. The van der Waals surface area contributed by atoms with Gasteiger partial charge < -0.3 is 25.0 Å². The van der Waals surface area contributed by atoms with Gasteiger partial charge in [-0.05, 0) is 52.1 Å². The third-order valence-corrected chi connectivity index (χ3v) is 6.64. The number of nitrogens with zero attached hydrogens (tertiary/aromatic N) is 2. The van der Waals surface area contributed by atoms with Crippen molar-refractivity contribution in [2.24, 2.45) is 5.92 Å². The molecule has 0 spiro atoms. The standard InChI is InChI=1S/C23H33N3O5/c1-15(2)25(3)17-9-10-20(18(13-17)22(28)29)26-12-11-19(21(26)27)24-23(30)31-14-16-7-5-4-6-8-16/h4-8,15,17-20H,9-14H2,1-3H3,(H,24,30)(H,28,29)/t17?,18-,19+,20+/m1/s1. The number of hydrogen-bond acceptors (Lipinski definition) is 5. The minimum atomic E-state index is -0.863. The van der Waals surface area contributed by atoms with E-state index < -0.39 is 24.0 Å². The maximum atomic E-state index is 13.0. The molecule has 2 aliphatic rings. The fraction of sp³-hybridized carbons (Fsp3) is 0.609. The van der Waals surface area contributed by atoms with Gasteiger partial charge in [-0.25, -0.2) is 4.79 Å². The second kappa shape index (κ2) is 10.1. The Morgan fingerprint density at radius 3 is 2.58 bits per heavy atom. The normalized spacial score (nSPS) is 26.4. The number of nitrogens with one attached hydrogen (secondary N) is 1. The molecule has 3 rings (SSSR count). The van der Waals surface area contributed by atoms with Gasteiger partial charge in [0.15, 0.2) is 0 Å². The van der Waals surface area contributed by atoms with Gasteiger partial charge in [-0.3, -0.25) is 9.59 Å². The van der Waals surface area contributed by atoms with Crippen molar-refractivity contribution in [3.63, 3.8) is 0 Å². The number of amides is 2. The minimum absolute atomic E-state index is 0.131. The van der Waals surface area contributed by atoms with Gasteiger partial charge in [0.2, 0.25) is 5.91 Å². The van der Waals surface area contributed by atoms with Crippen molar-refractivity contribution < 1.29 is 24.2 Å². The van der Waals surface area contributed by atoms with Crippen LogP contribution in [0.15, 0.2) is 30.3 Å². The summed E-state index contributed by atoms with van der Waals surface area (Å²) >= 11 is 0. The Hall–Kier alpha value is -2.61. The number of carboxylic acid groups (broad SMARTS) is 1. The van der Waals surface area contributed by atoms with E-state index in [2.05, 4.69) is 24.1 Å². The highest BCUT2D eigenvalue weighted by atomic mass is 16.5. The maximum absolute atomic E-state index is 13.0. The maximum Gasteiger partial charge on any atom is 0.408 e. The third kappa shape index (κ3) is 5.55. The lowest BCUT2D eigenvalue weighted by Gasteiger charge is -2.43. The number of carbonyl (C=O) groups is 3. The smallest absolute Gasteiger partial charge is 0.408 e. The molecule has 1 saturated carbocycles. The second-order valence-electron chi connectivity index (χ2n) is 8.82. The fourth-order valence-corrected chi connectivity index (χ4v) is 4.63. The molecule has 8 heteroatoms. The SMILES string of the molecule is CC(C)N(C)C1CC[C@H](N2CC[C@H](NC(=O)OCc3ccccc3)C2=O)[C@H](C(=O)O)C1. The topological polar surface area (TPSA) is 99.2 Å². The molecule has 1 saturated heterocycles. The van der Waals surface area contributed by atoms with Gasteiger partial charge in [0.25, 0.3) is 0 Å². The van der Waals surface area contributed by atoms with Crippen LogP contribution < -0.4 is 5.32 Å². The van der Waals surface area contributed by atoms with E-state index in [1.165, 1.54) is 0 Å². The van der Waals surface area contributed by atoms with E-state index in [9.17, 15) is 19.5 Å². The average molecular weight is 432 g/mol. The lowest BCUT2D eigenvalue weighted by atomic mass is 9.80. The van der Waals surface area contributed by atoms with Crippen LogP contribution in [0.4, 0.5) is 4.79 Å². The number of aliphatic carboxylic acids is 1. The summed E-state index contributed by atoms with van der Waals surface area (Å²) in [6, 6.07) is 8.83. The number of alkyl carbamates (subject to hydrolysis) is 1. The van der Waals surface area contributed by atoms with E-state index >= 15 is 0 Å². The van der Waals surface area contributed by atoms with Crippen molar-refractivity contribution >= 4 is 18.0 Å². The summed E-state index contributed by atoms with van der Waals surface area (Å²) in [5.41, 5.74) is 0.865. The molecule has 4 atom stereocenters. The highest BCUT2D eigenvalue weighted by molar-refractivity contribution is 5.88. The summed E-state index contributed by atoms with van der Waals surface area (Å²) in [6.45, 7) is 4.77. The molecule has 1 unspecified atom stereocenters. The minimum Gasteiger partial charge on any atom is -0.481 e. The number of carboxylic acids is 1. The monoisotopic (exact) mass is 431 g/mol. The van der Waals surface area contributed by atoms with Crippen LogP contribution in [0, 0.1) is 5.92 Å². The van der Waals surface area contributed by atoms with E-state index in [4.69, 9.17) is 4.74 Å². The Balaban J connectivity index is 1.56. The highest BCUT2D eigenvalue weighted by Crippen LogP contribution is 2.34. The van der Waals surface area contributed by atoms with Crippen LogP contribution in [-0.4, -0.2) is 70.6 Å². The molecule has 1 aromatic rings. The first-order valence-corrected chi connectivity index (χ1v) is 11.0. The number of rotatable bonds is 7. The highest BCUT2D eigenvalue weighted by Gasteiger charge is 2.45. The molecule has 1 aliphatic carbocycles. The van der Waals surface area contributed by atoms with Crippen molar-refractivity contribution in [1.82, 2.24) is 15.1 Å². The lowest BCUT2D eigenvalue weighted by molar-refractivity contribution is -0.149. The molecule has 1 heterocycles. The van der Waals surface area contributed by atoms with E-state index in [-0.39, 0.29) is 24.6 Å². The van der Waals surface area contributed by atoms with Gasteiger partial charge in [-0.15, -0.1) is 0 Å². The van der Waals surface area contributed by atoms with Crippen molar-refractivity contribution in [3.8, 4) is 0 Å². The second-order valence-corrected chi connectivity index (χ2v) is 8.82. The molecule has 8 nitrogen and oxygen atoms in total. The summed E-state index contributed by atoms with van der Waals surface area (Å²) in [5, 5.41) is 12.5. The first-order valence-electron chi connectivity index (χ1n) is 11.0. The number of hydrogen-bond donors (Lipinski definition) is 2. The van der Waals surface area contributed by atoms with Crippen LogP contribution in [0.5, 0.6) is 0 Å². The first-order chi connectivity index (χ1) is 14.8. The zero-order valence-electron chi connectivity index (χ0n) is 18.5. The molecule has 2 N–H and O–H groups in total. The largest absolute Gasteiger partial charge is 0.481 e. The molecule has 170 valence electrons. The third-order valence-electron chi connectivity index (χ3n) is 6.64. The summed E-state index contributed by atoms with van der Waals surface area (Å²) in [7, 11) is 2.02. The summed E-state index contributed by atoms with van der Waals surface area (Å²) in [6.07, 6.45) is 1.84. The summed E-state index contributed by atoms with van der Waals surface area (Å²) < 4.78 is 5.22. The van der Waals surface area contributed by atoms with E-state index in [0.717, 1.165) is 12.0 Å². The van der Waals surface area contributed by atoms with Crippen LogP contribution in [0.3, 0.4) is 0 Å². The van der Waals surface area contributed by atoms with Gasteiger partial charge in [-0.1, -0.05) is 30.3 Å². The van der Waals surface area contributed by atoms with Gasteiger partial charge >= 0.3 is 12.1 Å². The van der Waals surface area contributed by atoms with Crippen molar-refractivity contribution in [1.29, 1.82) is 0 Å². The Kier molecular flexibility index (Phi) is 7.54. The van der Waals surface area contributed by atoms with Gasteiger partial charge in [0, 0.05) is 24.7 Å². The van der Waals surface area contributed by atoms with Crippen LogP contribution in [0.1, 0.15) is 45.1 Å². The van der Waals surface area contributed by atoms with Crippen LogP contribution >= 0.6 is 0 Å². The van der Waals surface area contributed by atoms with Crippen molar-refractivity contribution in [3.05, 3.63) is 35.9 Å². The Labute approximate surface area is 183 Å². The van der Waals surface area contributed by atoms with E-state index in [1.807, 2.05) is 37.4 Å².